The maximum atomic E-state index is 8.90. The Kier molecular flexibility index (Phi) is 2.75. The van der Waals surface area contributed by atoms with E-state index < -0.39 is 0 Å². The van der Waals surface area contributed by atoms with Crippen molar-refractivity contribution in [3.8, 4) is 5.75 Å². The summed E-state index contributed by atoms with van der Waals surface area (Å²) in [6, 6.07) is 5.69. The maximum absolute atomic E-state index is 8.90. The molecule has 0 saturated carbocycles. The van der Waals surface area contributed by atoms with E-state index in [1.54, 1.807) is 11.7 Å². The summed E-state index contributed by atoms with van der Waals surface area (Å²) in [5.41, 5.74) is 0.972. The fourth-order valence-corrected chi connectivity index (χ4v) is 2.48. The van der Waals surface area contributed by atoms with Gasteiger partial charge in [0.2, 0.25) is 0 Å². The van der Waals surface area contributed by atoms with E-state index >= 15 is 0 Å². The summed E-state index contributed by atoms with van der Waals surface area (Å²) in [7, 11) is 1.62. The van der Waals surface area contributed by atoms with Crippen molar-refractivity contribution in [3.63, 3.8) is 0 Å². The zero-order valence-corrected chi connectivity index (χ0v) is 9.17. The Morgan fingerprint density at radius 3 is 3.00 bits per heavy atom. The highest BCUT2D eigenvalue weighted by Crippen LogP contribution is 2.22. The summed E-state index contributed by atoms with van der Waals surface area (Å²) >= 11 is 1.39. The summed E-state index contributed by atoms with van der Waals surface area (Å²) in [5, 5.41) is 16.7. The SMILES string of the molecule is COc1ccc2c(c1)sc(=N)n2CCO. The number of aliphatic hydroxyl groups excluding tert-OH is 1. The third kappa shape index (κ3) is 1.75. The zero-order chi connectivity index (χ0) is 10.8. The fraction of sp³-hybridized carbons (Fsp3) is 0.300. The second-order valence-corrected chi connectivity index (χ2v) is 4.15. The van der Waals surface area contributed by atoms with Crippen LogP contribution in [0.25, 0.3) is 10.2 Å². The average molecular weight is 224 g/mol. The number of methoxy groups -OCH3 is 1. The van der Waals surface area contributed by atoms with E-state index in [2.05, 4.69) is 0 Å². The Morgan fingerprint density at radius 2 is 2.33 bits per heavy atom. The van der Waals surface area contributed by atoms with Crippen molar-refractivity contribution >= 4 is 21.6 Å². The standard InChI is InChI=1S/C10H12N2O2S/c1-14-7-2-3-8-9(6-7)15-10(11)12(8)4-5-13/h2-3,6,11,13H,4-5H2,1H3. The molecule has 5 heteroatoms. The molecule has 4 nitrogen and oxygen atoms in total. The van der Waals surface area contributed by atoms with Crippen LogP contribution in [0.4, 0.5) is 0 Å². The van der Waals surface area contributed by atoms with Crippen LogP contribution in [0, 0.1) is 5.41 Å². The largest absolute Gasteiger partial charge is 0.497 e. The van der Waals surface area contributed by atoms with Gasteiger partial charge < -0.3 is 14.4 Å². The van der Waals surface area contributed by atoms with Gasteiger partial charge >= 0.3 is 0 Å². The van der Waals surface area contributed by atoms with Gasteiger partial charge in [-0.25, -0.2) is 0 Å². The van der Waals surface area contributed by atoms with Crippen LogP contribution in [0.15, 0.2) is 18.2 Å². The number of nitrogens with zero attached hydrogens (tertiary/aromatic N) is 1. The van der Waals surface area contributed by atoms with Crippen molar-refractivity contribution in [1.82, 2.24) is 4.57 Å². The molecule has 0 bridgehead atoms. The van der Waals surface area contributed by atoms with Gasteiger partial charge in [0, 0.05) is 6.54 Å². The van der Waals surface area contributed by atoms with Crippen LogP contribution in [0.2, 0.25) is 0 Å². The molecular weight excluding hydrogens is 212 g/mol. The first-order chi connectivity index (χ1) is 7.26. The molecule has 0 saturated heterocycles. The number of thiazole rings is 1. The fourth-order valence-electron chi connectivity index (χ4n) is 1.52. The van der Waals surface area contributed by atoms with Crippen molar-refractivity contribution < 1.29 is 9.84 Å². The predicted molar refractivity (Wildman–Crippen MR) is 59.3 cm³/mol. The zero-order valence-electron chi connectivity index (χ0n) is 8.36. The Morgan fingerprint density at radius 1 is 1.53 bits per heavy atom. The van der Waals surface area contributed by atoms with Gasteiger partial charge in [-0.1, -0.05) is 11.3 Å². The number of ether oxygens (including phenoxy) is 1. The van der Waals surface area contributed by atoms with Crippen molar-refractivity contribution in [3.05, 3.63) is 23.0 Å². The Hall–Kier alpha value is -1.33. The molecule has 0 spiro atoms. The number of fused-ring (bicyclic) bond motifs is 1. The first-order valence-corrected chi connectivity index (χ1v) is 5.40. The molecule has 0 atom stereocenters. The third-order valence-electron chi connectivity index (χ3n) is 2.23. The molecule has 1 aromatic heterocycles. The van der Waals surface area contributed by atoms with Crippen LogP contribution in [-0.4, -0.2) is 23.4 Å². The van der Waals surface area contributed by atoms with Gasteiger partial charge in [-0.15, -0.1) is 0 Å². The summed E-state index contributed by atoms with van der Waals surface area (Å²) in [4.78, 5) is 0.451. The quantitative estimate of drug-likeness (QED) is 0.822. The van der Waals surface area contributed by atoms with Crippen molar-refractivity contribution in [2.45, 2.75) is 6.54 Å². The van der Waals surface area contributed by atoms with E-state index in [9.17, 15) is 0 Å². The van der Waals surface area contributed by atoms with Crippen molar-refractivity contribution in [1.29, 1.82) is 5.41 Å². The molecule has 0 aliphatic rings. The van der Waals surface area contributed by atoms with Crippen LogP contribution in [0.1, 0.15) is 0 Å². The molecule has 0 amide bonds. The maximum Gasteiger partial charge on any atom is 0.182 e. The van der Waals surface area contributed by atoms with E-state index in [0.29, 0.717) is 11.3 Å². The van der Waals surface area contributed by atoms with E-state index in [0.717, 1.165) is 16.0 Å². The second kappa shape index (κ2) is 4.04. The monoisotopic (exact) mass is 224 g/mol. The highest BCUT2D eigenvalue weighted by molar-refractivity contribution is 7.16. The second-order valence-electron chi connectivity index (χ2n) is 3.12. The normalized spacial score (nSPS) is 10.8. The number of hydrogen-bond acceptors (Lipinski definition) is 4. The minimum Gasteiger partial charge on any atom is -0.497 e. The Balaban J connectivity index is 2.63. The average Bonchev–Trinajstić information content (AvgIpc) is 2.55. The van der Waals surface area contributed by atoms with Gasteiger partial charge in [0.05, 0.1) is 23.9 Å². The van der Waals surface area contributed by atoms with Gasteiger partial charge in [0.25, 0.3) is 0 Å². The first-order valence-electron chi connectivity index (χ1n) is 4.59. The lowest BCUT2D eigenvalue weighted by Crippen LogP contribution is -2.14. The number of rotatable bonds is 3. The van der Waals surface area contributed by atoms with E-state index in [4.69, 9.17) is 15.3 Å². The molecule has 2 rings (SSSR count). The minimum atomic E-state index is 0.0500. The van der Waals surface area contributed by atoms with Gasteiger partial charge in [0.15, 0.2) is 4.80 Å². The smallest absolute Gasteiger partial charge is 0.182 e. The summed E-state index contributed by atoms with van der Waals surface area (Å²) < 4.78 is 7.92. The molecule has 1 aromatic carbocycles. The van der Waals surface area contributed by atoms with E-state index in [-0.39, 0.29) is 6.61 Å². The number of benzene rings is 1. The van der Waals surface area contributed by atoms with Crippen molar-refractivity contribution in [2.24, 2.45) is 0 Å². The van der Waals surface area contributed by atoms with Gasteiger partial charge in [0.1, 0.15) is 5.75 Å². The van der Waals surface area contributed by atoms with Crippen LogP contribution in [0.3, 0.4) is 0 Å². The summed E-state index contributed by atoms with van der Waals surface area (Å²) in [5.74, 6) is 0.792. The Labute approximate surface area is 90.9 Å². The number of aromatic nitrogens is 1. The molecule has 0 unspecified atom stereocenters. The first kappa shape index (κ1) is 10.2. The Bertz CT molecular complexity index is 530. The van der Waals surface area contributed by atoms with Crippen LogP contribution < -0.4 is 9.54 Å². The van der Waals surface area contributed by atoms with E-state index in [1.807, 2.05) is 18.2 Å². The highest BCUT2D eigenvalue weighted by atomic mass is 32.1. The van der Waals surface area contributed by atoms with Crippen LogP contribution in [0.5, 0.6) is 5.75 Å². The molecule has 0 aliphatic carbocycles. The highest BCUT2D eigenvalue weighted by Gasteiger charge is 2.05. The van der Waals surface area contributed by atoms with Crippen LogP contribution >= 0.6 is 11.3 Å². The molecular formula is C10H12N2O2S. The van der Waals surface area contributed by atoms with E-state index in [1.165, 1.54) is 11.3 Å². The predicted octanol–water partition coefficient (Wildman–Crippen LogP) is 1.18. The molecule has 2 N–H and O–H groups in total. The van der Waals surface area contributed by atoms with Crippen LogP contribution in [-0.2, 0) is 6.54 Å². The molecule has 1 heterocycles. The summed E-state index contributed by atoms with van der Waals surface area (Å²) in [6.45, 7) is 0.513. The lowest BCUT2D eigenvalue weighted by atomic mass is 10.3. The molecule has 0 aliphatic heterocycles. The third-order valence-corrected chi connectivity index (χ3v) is 3.19. The number of aliphatic hydroxyl groups is 1. The molecule has 2 aromatic rings. The molecule has 80 valence electrons. The molecule has 0 radical (unpaired) electrons. The van der Waals surface area contributed by atoms with Gasteiger partial charge in [-0.2, -0.15) is 0 Å². The van der Waals surface area contributed by atoms with Gasteiger partial charge in [-0.05, 0) is 18.2 Å². The lowest BCUT2D eigenvalue weighted by molar-refractivity contribution is 0.276. The lowest BCUT2D eigenvalue weighted by Gasteiger charge is -2.02. The summed E-state index contributed by atoms with van der Waals surface area (Å²) in [6.07, 6.45) is 0. The van der Waals surface area contributed by atoms with Gasteiger partial charge in [-0.3, -0.25) is 5.41 Å². The van der Waals surface area contributed by atoms with Crippen molar-refractivity contribution in [2.75, 3.05) is 13.7 Å². The number of hydrogen-bond donors (Lipinski definition) is 2. The molecule has 0 fully saturated rings. The number of nitrogens with one attached hydrogen (secondary N) is 1. The molecule has 15 heavy (non-hydrogen) atoms. The minimum absolute atomic E-state index is 0.0500. The topological polar surface area (TPSA) is 58.2 Å².